The topological polar surface area (TPSA) is 38.8 Å². The Kier molecular flexibility index (Phi) is 7.05. The Morgan fingerprint density at radius 2 is 1.78 bits per heavy atom. The highest BCUT2D eigenvalue weighted by Crippen LogP contribution is 2.06. The van der Waals surface area contributed by atoms with Gasteiger partial charge in [0, 0.05) is 39.3 Å². The second-order valence-corrected chi connectivity index (χ2v) is 4.74. The van der Waals surface area contributed by atoms with Crippen LogP contribution in [-0.2, 0) is 0 Å². The van der Waals surface area contributed by atoms with Gasteiger partial charge in [-0.15, -0.1) is 0 Å². The summed E-state index contributed by atoms with van der Waals surface area (Å²) in [5.74, 6) is 0. The molecule has 1 N–H and O–H groups in total. The van der Waals surface area contributed by atoms with Crippen molar-refractivity contribution in [2.24, 2.45) is 0 Å². The minimum Gasteiger partial charge on any atom is -0.325 e. The molecule has 0 spiro atoms. The number of hydrogen-bond donors (Lipinski definition) is 1. The summed E-state index contributed by atoms with van der Waals surface area (Å²) in [6, 6.07) is 0.204. The van der Waals surface area contributed by atoms with Gasteiger partial charge in [-0.2, -0.15) is 0 Å². The first-order chi connectivity index (χ1) is 8.72. The predicted octanol–water partition coefficient (Wildman–Crippen LogP) is 0.675. The van der Waals surface area contributed by atoms with Crippen molar-refractivity contribution in [1.29, 1.82) is 0 Å². The van der Waals surface area contributed by atoms with Crippen LogP contribution in [0, 0.1) is 0 Å². The third kappa shape index (κ3) is 4.46. The summed E-state index contributed by atoms with van der Waals surface area (Å²) in [6.45, 7) is 11.6. The van der Waals surface area contributed by atoms with E-state index in [1.54, 1.807) is 0 Å². The molecule has 0 aromatic carbocycles. The average molecular weight is 256 g/mol. The van der Waals surface area contributed by atoms with E-state index in [4.69, 9.17) is 0 Å². The second kappa shape index (κ2) is 8.32. The van der Waals surface area contributed by atoms with Crippen LogP contribution < -0.4 is 5.32 Å². The first-order valence-electron chi connectivity index (χ1n) is 7.13. The number of urea groups is 1. The van der Waals surface area contributed by atoms with E-state index in [-0.39, 0.29) is 6.03 Å². The predicted molar refractivity (Wildman–Crippen MR) is 74.9 cm³/mol. The third-order valence-electron chi connectivity index (χ3n) is 3.58. The lowest BCUT2D eigenvalue weighted by molar-refractivity contribution is 0.115. The summed E-state index contributed by atoms with van der Waals surface area (Å²) < 4.78 is 0. The second-order valence-electron chi connectivity index (χ2n) is 4.74. The highest BCUT2D eigenvalue weighted by Gasteiger charge is 2.23. The number of amides is 2. The molecule has 5 heteroatoms. The molecule has 0 unspecified atom stereocenters. The van der Waals surface area contributed by atoms with Gasteiger partial charge in [0.05, 0.1) is 0 Å². The summed E-state index contributed by atoms with van der Waals surface area (Å²) in [4.78, 5) is 18.5. The molecule has 106 valence electrons. The molecule has 1 heterocycles. The molecule has 0 aliphatic carbocycles. The maximum Gasteiger partial charge on any atom is 0.320 e. The van der Waals surface area contributed by atoms with Crippen LogP contribution in [0.25, 0.3) is 0 Å². The molecule has 1 saturated heterocycles. The van der Waals surface area contributed by atoms with Crippen LogP contribution in [0.5, 0.6) is 0 Å². The Hall–Kier alpha value is -0.810. The van der Waals surface area contributed by atoms with Crippen molar-refractivity contribution >= 4 is 6.03 Å². The normalized spacial score (nSPS) is 16.9. The molecule has 0 aromatic rings. The van der Waals surface area contributed by atoms with Crippen LogP contribution >= 0.6 is 0 Å². The Labute approximate surface area is 111 Å². The van der Waals surface area contributed by atoms with Gasteiger partial charge in [-0.3, -0.25) is 4.90 Å². The SMILES string of the molecule is CCN(CC)C(=O)N1CCN(CCCNC)CC1. The number of nitrogens with zero attached hydrogens (tertiary/aromatic N) is 3. The molecule has 0 bridgehead atoms. The van der Waals surface area contributed by atoms with Gasteiger partial charge in [0.1, 0.15) is 0 Å². The average Bonchev–Trinajstić information content (AvgIpc) is 2.41. The van der Waals surface area contributed by atoms with E-state index in [2.05, 4.69) is 10.2 Å². The number of rotatable bonds is 6. The molecule has 1 aliphatic rings. The minimum atomic E-state index is 0.204. The largest absolute Gasteiger partial charge is 0.325 e. The van der Waals surface area contributed by atoms with Gasteiger partial charge < -0.3 is 15.1 Å². The summed E-state index contributed by atoms with van der Waals surface area (Å²) >= 11 is 0. The van der Waals surface area contributed by atoms with E-state index >= 15 is 0 Å². The first-order valence-corrected chi connectivity index (χ1v) is 7.13. The summed E-state index contributed by atoms with van der Waals surface area (Å²) in [6.07, 6.45) is 1.18. The summed E-state index contributed by atoms with van der Waals surface area (Å²) in [5, 5.41) is 3.17. The quantitative estimate of drug-likeness (QED) is 0.710. The number of nitrogens with one attached hydrogen (secondary N) is 1. The van der Waals surface area contributed by atoms with Crippen molar-refractivity contribution in [3.63, 3.8) is 0 Å². The Bertz CT molecular complexity index is 235. The van der Waals surface area contributed by atoms with Crippen LogP contribution in [0.2, 0.25) is 0 Å². The Morgan fingerprint density at radius 1 is 1.17 bits per heavy atom. The van der Waals surface area contributed by atoms with Gasteiger partial charge >= 0.3 is 6.03 Å². The number of carbonyl (C=O) groups is 1. The highest BCUT2D eigenvalue weighted by atomic mass is 16.2. The number of carbonyl (C=O) groups excluding carboxylic acids is 1. The summed E-state index contributed by atoms with van der Waals surface area (Å²) in [7, 11) is 1.99. The fourth-order valence-corrected chi connectivity index (χ4v) is 2.34. The molecule has 1 fully saturated rings. The molecule has 5 nitrogen and oxygen atoms in total. The van der Waals surface area contributed by atoms with Crippen molar-refractivity contribution < 1.29 is 4.79 Å². The number of hydrogen-bond acceptors (Lipinski definition) is 3. The van der Waals surface area contributed by atoms with Crippen LogP contribution in [0.1, 0.15) is 20.3 Å². The van der Waals surface area contributed by atoms with Gasteiger partial charge in [-0.25, -0.2) is 4.79 Å². The molecule has 1 rings (SSSR count). The maximum atomic E-state index is 12.2. The fourth-order valence-electron chi connectivity index (χ4n) is 2.34. The molecule has 0 saturated carbocycles. The number of piperazine rings is 1. The first kappa shape index (κ1) is 15.2. The lowest BCUT2D eigenvalue weighted by Gasteiger charge is -2.37. The minimum absolute atomic E-state index is 0.204. The van der Waals surface area contributed by atoms with E-state index < -0.39 is 0 Å². The standard InChI is InChI=1S/C13H28N4O/c1-4-16(5-2)13(18)17-11-9-15(10-12-17)8-6-7-14-3/h14H,4-12H2,1-3H3. The third-order valence-corrected chi connectivity index (χ3v) is 3.58. The smallest absolute Gasteiger partial charge is 0.320 e. The van der Waals surface area contributed by atoms with Gasteiger partial charge in [-0.1, -0.05) is 0 Å². The van der Waals surface area contributed by atoms with E-state index in [9.17, 15) is 4.79 Å². The Morgan fingerprint density at radius 3 is 2.28 bits per heavy atom. The van der Waals surface area contributed by atoms with Crippen molar-refractivity contribution in [3.8, 4) is 0 Å². The molecular formula is C13H28N4O. The van der Waals surface area contributed by atoms with Gasteiger partial charge in [-0.05, 0) is 40.4 Å². The van der Waals surface area contributed by atoms with Crippen molar-refractivity contribution in [2.45, 2.75) is 20.3 Å². The van der Waals surface area contributed by atoms with E-state index in [1.165, 1.54) is 6.42 Å². The fraction of sp³-hybridized carbons (Fsp3) is 0.923. The molecule has 0 radical (unpaired) electrons. The van der Waals surface area contributed by atoms with E-state index in [1.807, 2.05) is 30.7 Å². The zero-order chi connectivity index (χ0) is 13.4. The van der Waals surface area contributed by atoms with Crippen molar-refractivity contribution in [3.05, 3.63) is 0 Å². The molecule has 2 amide bonds. The van der Waals surface area contributed by atoms with Gasteiger partial charge in [0.25, 0.3) is 0 Å². The lowest BCUT2D eigenvalue weighted by atomic mass is 10.3. The zero-order valence-electron chi connectivity index (χ0n) is 12.1. The van der Waals surface area contributed by atoms with Crippen molar-refractivity contribution in [1.82, 2.24) is 20.0 Å². The summed E-state index contributed by atoms with van der Waals surface area (Å²) in [5.41, 5.74) is 0. The zero-order valence-corrected chi connectivity index (χ0v) is 12.1. The van der Waals surface area contributed by atoms with Crippen LogP contribution in [-0.4, -0.2) is 80.1 Å². The van der Waals surface area contributed by atoms with Crippen molar-refractivity contribution in [2.75, 3.05) is 59.4 Å². The van der Waals surface area contributed by atoms with Gasteiger partial charge in [0.2, 0.25) is 0 Å². The van der Waals surface area contributed by atoms with Crippen LogP contribution in [0.3, 0.4) is 0 Å². The van der Waals surface area contributed by atoms with Gasteiger partial charge in [0.15, 0.2) is 0 Å². The van der Waals surface area contributed by atoms with E-state index in [0.717, 1.165) is 52.4 Å². The highest BCUT2D eigenvalue weighted by molar-refractivity contribution is 5.74. The monoisotopic (exact) mass is 256 g/mol. The lowest BCUT2D eigenvalue weighted by Crippen LogP contribution is -2.53. The van der Waals surface area contributed by atoms with E-state index in [0.29, 0.717) is 0 Å². The Balaban J connectivity index is 2.28. The van der Waals surface area contributed by atoms with Crippen LogP contribution in [0.4, 0.5) is 4.79 Å². The molecular weight excluding hydrogens is 228 g/mol. The molecule has 18 heavy (non-hydrogen) atoms. The molecule has 1 aliphatic heterocycles. The molecule has 0 aromatic heterocycles. The van der Waals surface area contributed by atoms with Crippen LogP contribution in [0.15, 0.2) is 0 Å². The molecule has 0 atom stereocenters. The maximum absolute atomic E-state index is 12.2.